The van der Waals surface area contributed by atoms with Crippen LogP contribution in [-0.2, 0) is 4.79 Å². The Kier molecular flexibility index (Phi) is 1.59. The summed E-state index contributed by atoms with van der Waals surface area (Å²) >= 11 is 0. The lowest BCUT2D eigenvalue weighted by Crippen LogP contribution is -2.12. The van der Waals surface area contributed by atoms with Crippen molar-refractivity contribution in [1.29, 1.82) is 0 Å². The highest BCUT2D eigenvalue weighted by Crippen LogP contribution is 2.63. The fourth-order valence-corrected chi connectivity index (χ4v) is 1.63. The predicted molar refractivity (Wildman–Crippen MR) is 38.6 cm³/mol. The monoisotopic (exact) mass is 142 g/mol. The Balaban J connectivity index is 2.59. The van der Waals surface area contributed by atoms with Gasteiger partial charge in [-0.2, -0.15) is 0 Å². The number of carbonyl (C=O) groups is 1. The fraction of sp³-hybridized carbons (Fsp3) is 0.875. The van der Waals surface area contributed by atoms with Gasteiger partial charge in [0.15, 0.2) is 0 Å². The highest BCUT2D eigenvalue weighted by molar-refractivity contribution is 5.66. The first-order valence-electron chi connectivity index (χ1n) is 3.65. The van der Waals surface area contributed by atoms with E-state index in [-0.39, 0.29) is 17.4 Å². The van der Waals surface area contributed by atoms with E-state index in [4.69, 9.17) is 5.11 Å². The second-order valence-electron chi connectivity index (χ2n) is 3.81. The van der Waals surface area contributed by atoms with Crippen LogP contribution < -0.4 is 0 Å². The quantitative estimate of drug-likeness (QED) is 0.596. The Morgan fingerprint density at radius 2 is 2.10 bits per heavy atom. The lowest BCUT2D eigenvalue weighted by molar-refractivity contribution is -0.113. The maximum Gasteiger partial charge on any atom is 0.126 e. The number of rotatable bonds is 3. The van der Waals surface area contributed by atoms with Crippen molar-refractivity contribution in [2.24, 2.45) is 10.8 Å². The van der Waals surface area contributed by atoms with Gasteiger partial charge in [0.1, 0.15) is 6.29 Å². The zero-order valence-corrected chi connectivity index (χ0v) is 6.55. The van der Waals surface area contributed by atoms with Crippen molar-refractivity contribution in [3.63, 3.8) is 0 Å². The van der Waals surface area contributed by atoms with E-state index in [0.29, 0.717) is 6.42 Å². The van der Waals surface area contributed by atoms with Gasteiger partial charge in [0.05, 0.1) is 0 Å². The molecule has 1 N–H and O–H groups in total. The molecule has 0 heterocycles. The van der Waals surface area contributed by atoms with Crippen LogP contribution in [0.5, 0.6) is 0 Å². The van der Waals surface area contributed by atoms with Crippen molar-refractivity contribution in [3.8, 4) is 0 Å². The Morgan fingerprint density at radius 1 is 1.60 bits per heavy atom. The first-order chi connectivity index (χ1) is 4.58. The molecule has 0 amide bonds. The number of aldehydes is 1. The van der Waals surface area contributed by atoms with Gasteiger partial charge in [-0.25, -0.2) is 0 Å². The first-order valence-corrected chi connectivity index (χ1v) is 3.65. The normalized spacial score (nSPS) is 35.5. The molecule has 0 aliphatic heterocycles. The molecule has 10 heavy (non-hydrogen) atoms. The molecule has 58 valence electrons. The fourth-order valence-electron chi connectivity index (χ4n) is 1.63. The van der Waals surface area contributed by atoms with Crippen LogP contribution in [0.25, 0.3) is 0 Å². The van der Waals surface area contributed by atoms with Gasteiger partial charge < -0.3 is 9.90 Å². The van der Waals surface area contributed by atoms with Crippen molar-refractivity contribution in [3.05, 3.63) is 0 Å². The summed E-state index contributed by atoms with van der Waals surface area (Å²) in [5.74, 6) is 0. The maximum absolute atomic E-state index is 10.6. The summed E-state index contributed by atoms with van der Waals surface area (Å²) in [4.78, 5) is 10.6. The second kappa shape index (κ2) is 2.06. The van der Waals surface area contributed by atoms with E-state index >= 15 is 0 Å². The summed E-state index contributed by atoms with van der Waals surface area (Å²) in [6.07, 6.45) is 2.57. The van der Waals surface area contributed by atoms with Crippen LogP contribution in [0.4, 0.5) is 0 Å². The van der Waals surface area contributed by atoms with Gasteiger partial charge in [0.2, 0.25) is 0 Å². The third-order valence-corrected chi connectivity index (χ3v) is 2.76. The molecule has 2 nitrogen and oxygen atoms in total. The van der Waals surface area contributed by atoms with E-state index in [1.165, 1.54) is 0 Å². The van der Waals surface area contributed by atoms with E-state index in [9.17, 15) is 4.79 Å². The van der Waals surface area contributed by atoms with Gasteiger partial charge >= 0.3 is 0 Å². The van der Waals surface area contributed by atoms with Crippen molar-refractivity contribution < 1.29 is 9.90 Å². The molecule has 0 saturated heterocycles. The molecule has 1 aliphatic carbocycles. The largest absolute Gasteiger partial charge is 0.396 e. The number of hydrogen-bond acceptors (Lipinski definition) is 2. The van der Waals surface area contributed by atoms with Crippen LogP contribution in [0.2, 0.25) is 0 Å². The Morgan fingerprint density at radius 3 is 2.20 bits per heavy atom. The number of aliphatic hydroxyl groups is 1. The zero-order valence-electron chi connectivity index (χ0n) is 6.55. The highest BCUT2D eigenvalue weighted by Gasteiger charge is 2.60. The molecular formula is C8H14O2. The van der Waals surface area contributed by atoms with E-state index in [2.05, 4.69) is 13.8 Å². The molecular weight excluding hydrogens is 128 g/mol. The zero-order chi connectivity index (χ0) is 7.83. The van der Waals surface area contributed by atoms with Crippen LogP contribution in [0.1, 0.15) is 26.7 Å². The molecule has 1 fully saturated rings. The Hall–Kier alpha value is -0.370. The van der Waals surface area contributed by atoms with Gasteiger partial charge in [-0.1, -0.05) is 13.8 Å². The molecule has 0 spiro atoms. The van der Waals surface area contributed by atoms with Crippen molar-refractivity contribution in [2.75, 3.05) is 6.61 Å². The van der Waals surface area contributed by atoms with Crippen LogP contribution >= 0.6 is 0 Å². The standard InChI is InChI=1S/C8H14O2/c1-7(2)5-8(7,6-10)3-4-9/h6,9H,3-5H2,1-2H3. The topological polar surface area (TPSA) is 37.3 Å². The maximum atomic E-state index is 10.6. The summed E-state index contributed by atoms with van der Waals surface area (Å²) in [5.41, 5.74) is -0.0563. The highest BCUT2D eigenvalue weighted by atomic mass is 16.3. The molecule has 0 bridgehead atoms. The Bertz CT molecular complexity index is 151. The van der Waals surface area contributed by atoms with Gasteiger partial charge in [-0.15, -0.1) is 0 Å². The summed E-state index contributed by atoms with van der Waals surface area (Å²) in [6, 6.07) is 0. The minimum absolute atomic E-state index is 0.127. The lowest BCUT2D eigenvalue weighted by Gasteiger charge is -2.10. The van der Waals surface area contributed by atoms with E-state index in [1.807, 2.05) is 0 Å². The molecule has 1 saturated carbocycles. The minimum Gasteiger partial charge on any atom is -0.396 e. The van der Waals surface area contributed by atoms with Crippen LogP contribution in [0.15, 0.2) is 0 Å². The molecule has 1 rings (SSSR count). The number of hydrogen-bond donors (Lipinski definition) is 1. The average Bonchev–Trinajstić information content (AvgIpc) is 2.37. The molecule has 2 heteroatoms. The minimum atomic E-state index is -0.193. The summed E-state index contributed by atoms with van der Waals surface area (Å²) in [6.45, 7) is 4.26. The number of aliphatic hydroxyl groups excluding tert-OH is 1. The average molecular weight is 142 g/mol. The smallest absolute Gasteiger partial charge is 0.126 e. The van der Waals surface area contributed by atoms with Gasteiger partial charge in [0.25, 0.3) is 0 Å². The van der Waals surface area contributed by atoms with Crippen molar-refractivity contribution in [1.82, 2.24) is 0 Å². The van der Waals surface area contributed by atoms with E-state index in [0.717, 1.165) is 12.7 Å². The molecule has 0 radical (unpaired) electrons. The van der Waals surface area contributed by atoms with Crippen molar-refractivity contribution >= 4 is 6.29 Å². The summed E-state index contributed by atoms with van der Waals surface area (Å²) in [7, 11) is 0. The summed E-state index contributed by atoms with van der Waals surface area (Å²) in [5, 5.41) is 8.65. The van der Waals surface area contributed by atoms with Crippen LogP contribution in [0, 0.1) is 10.8 Å². The predicted octanol–water partition coefficient (Wildman–Crippen LogP) is 0.984. The van der Waals surface area contributed by atoms with Gasteiger partial charge in [0, 0.05) is 12.0 Å². The second-order valence-corrected chi connectivity index (χ2v) is 3.81. The van der Waals surface area contributed by atoms with Gasteiger partial charge in [-0.3, -0.25) is 0 Å². The number of carbonyl (C=O) groups excluding carboxylic acids is 1. The van der Waals surface area contributed by atoms with E-state index in [1.54, 1.807) is 0 Å². The van der Waals surface area contributed by atoms with Gasteiger partial charge in [-0.05, 0) is 18.3 Å². The molecule has 1 atom stereocenters. The molecule has 0 aromatic heterocycles. The third-order valence-electron chi connectivity index (χ3n) is 2.76. The van der Waals surface area contributed by atoms with Crippen LogP contribution in [-0.4, -0.2) is 18.0 Å². The molecule has 1 aliphatic rings. The summed E-state index contributed by atoms with van der Waals surface area (Å²) < 4.78 is 0. The SMILES string of the molecule is CC1(C)CC1(C=O)CCO. The Labute approximate surface area is 61.2 Å². The third kappa shape index (κ3) is 0.870. The molecule has 0 aromatic rings. The molecule has 1 unspecified atom stereocenters. The lowest BCUT2D eigenvalue weighted by atomic mass is 9.94. The van der Waals surface area contributed by atoms with Crippen molar-refractivity contribution in [2.45, 2.75) is 26.7 Å². The van der Waals surface area contributed by atoms with E-state index < -0.39 is 0 Å². The first kappa shape index (κ1) is 7.73. The molecule has 0 aromatic carbocycles. The van der Waals surface area contributed by atoms with Crippen LogP contribution in [0.3, 0.4) is 0 Å².